The third kappa shape index (κ3) is 12.8. The molecule has 0 aliphatic rings. The predicted octanol–water partition coefficient (Wildman–Crippen LogP) is 6.38. The molecule has 0 fully saturated rings. The van der Waals surface area contributed by atoms with E-state index in [-0.39, 0.29) is 5.82 Å². The maximum Gasteiger partial charge on any atom is 0.123 e. The van der Waals surface area contributed by atoms with Crippen molar-refractivity contribution in [2.24, 2.45) is 0 Å². The molecule has 0 aliphatic carbocycles. The fourth-order valence-electron chi connectivity index (χ4n) is 2.87. The van der Waals surface area contributed by atoms with E-state index in [0.717, 1.165) is 18.6 Å². The van der Waals surface area contributed by atoms with Gasteiger partial charge in [0.2, 0.25) is 0 Å². The topological polar surface area (TPSA) is 20.2 Å². The Morgan fingerprint density at radius 3 is 1.75 bits per heavy atom. The first-order valence-corrected chi connectivity index (χ1v) is 10.9. The van der Waals surface area contributed by atoms with E-state index < -0.39 is 0 Å². The number of rotatable bonds is 16. The van der Waals surface area contributed by atoms with Crippen molar-refractivity contribution in [3.63, 3.8) is 0 Å². The summed E-state index contributed by atoms with van der Waals surface area (Å²) in [6, 6.07) is 6.92. The highest BCUT2D eigenvalue weighted by Crippen LogP contribution is 2.14. The molecule has 0 radical (unpaired) electrons. The molecule has 0 amide bonds. The molecule has 1 aromatic rings. The molecule has 138 valence electrons. The molecule has 0 heterocycles. The van der Waals surface area contributed by atoms with Crippen molar-refractivity contribution < 1.29 is 9.50 Å². The number of thioether (sulfide) groups is 1. The Balaban J connectivity index is 1.75. The van der Waals surface area contributed by atoms with E-state index in [1.165, 1.54) is 75.5 Å². The number of benzene rings is 1. The molecule has 1 aromatic carbocycles. The van der Waals surface area contributed by atoms with Crippen molar-refractivity contribution in [3.8, 4) is 0 Å². The SMILES string of the molecule is OCCCSCCCCCCCCCCCCc1ccc(F)cc1. The molecule has 0 atom stereocenters. The Kier molecular flexibility index (Phi) is 14.3. The largest absolute Gasteiger partial charge is 0.396 e. The lowest BCUT2D eigenvalue weighted by atomic mass is 10.0. The molecule has 1 nitrogen and oxygen atoms in total. The first-order valence-electron chi connectivity index (χ1n) is 9.76. The summed E-state index contributed by atoms with van der Waals surface area (Å²) in [5.41, 5.74) is 1.26. The first kappa shape index (κ1) is 21.5. The van der Waals surface area contributed by atoms with Crippen LogP contribution in [0.3, 0.4) is 0 Å². The van der Waals surface area contributed by atoms with Gasteiger partial charge < -0.3 is 5.11 Å². The Labute approximate surface area is 152 Å². The zero-order valence-corrected chi connectivity index (χ0v) is 16.0. The lowest BCUT2D eigenvalue weighted by molar-refractivity contribution is 0.296. The van der Waals surface area contributed by atoms with E-state index >= 15 is 0 Å². The van der Waals surface area contributed by atoms with E-state index in [1.807, 2.05) is 23.9 Å². The molecule has 0 aromatic heterocycles. The summed E-state index contributed by atoms with van der Waals surface area (Å²) in [7, 11) is 0. The monoisotopic (exact) mass is 354 g/mol. The van der Waals surface area contributed by atoms with Crippen LogP contribution in [-0.2, 0) is 6.42 Å². The number of unbranched alkanes of at least 4 members (excludes halogenated alkanes) is 9. The third-order valence-corrected chi connectivity index (χ3v) is 5.52. The average Bonchev–Trinajstić information content (AvgIpc) is 2.60. The van der Waals surface area contributed by atoms with E-state index in [0.29, 0.717) is 6.61 Å². The van der Waals surface area contributed by atoms with Crippen LogP contribution in [-0.4, -0.2) is 23.2 Å². The van der Waals surface area contributed by atoms with Crippen molar-refractivity contribution in [2.45, 2.75) is 77.0 Å². The van der Waals surface area contributed by atoms with Crippen LogP contribution in [0.2, 0.25) is 0 Å². The van der Waals surface area contributed by atoms with Gasteiger partial charge in [0.15, 0.2) is 0 Å². The summed E-state index contributed by atoms with van der Waals surface area (Å²) in [6.07, 6.45) is 15.5. The Morgan fingerprint density at radius 2 is 1.17 bits per heavy atom. The number of hydrogen-bond acceptors (Lipinski definition) is 2. The average molecular weight is 355 g/mol. The lowest BCUT2D eigenvalue weighted by Gasteiger charge is -2.04. The van der Waals surface area contributed by atoms with E-state index in [9.17, 15) is 4.39 Å². The smallest absolute Gasteiger partial charge is 0.123 e. The van der Waals surface area contributed by atoms with Gasteiger partial charge in [0.1, 0.15) is 5.82 Å². The summed E-state index contributed by atoms with van der Waals surface area (Å²) in [6.45, 7) is 0.333. The highest BCUT2D eigenvalue weighted by molar-refractivity contribution is 7.99. The van der Waals surface area contributed by atoms with Crippen LogP contribution in [0.25, 0.3) is 0 Å². The molecular weight excluding hydrogens is 319 g/mol. The predicted molar refractivity (Wildman–Crippen MR) is 105 cm³/mol. The minimum Gasteiger partial charge on any atom is -0.396 e. The van der Waals surface area contributed by atoms with Gasteiger partial charge >= 0.3 is 0 Å². The summed E-state index contributed by atoms with van der Waals surface area (Å²) >= 11 is 1.98. The van der Waals surface area contributed by atoms with Gasteiger partial charge in [-0.1, -0.05) is 63.5 Å². The van der Waals surface area contributed by atoms with Gasteiger partial charge in [-0.3, -0.25) is 0 Å². The van der Waals surface area contributed by atoms with Crippen molar-refractivity contribution in [1.29, 1.82) is 0 Å². The highest BCUT2D eigenvalue weighted by atomic mass is 32.2. The molecular formula is C21H35FOS. The van der Waals surface area contributed by atoms with Gasteiger partial charge in [-0.05, 0) is 54.9 Å². The number of hydrogen-bond donors (Lipinski definition) is 1. The van der Waals surface area contributed by atoms with Crippen LogP contribution in [0, 0.1) is 5.82 Å². The fraction of sp³-hybridized carbons (Fsp3) is 0.714. The Bertz CT molecular complexity index is 380. The molecule has 0 saturated heterocycles. The van der Waals surface area contributed by atoms with Crippen LogP contribution in [0.15, 0.2) is 24.3 Å². The highest BCUT2D eigenvalue weighted by Gasteiger charge is 1.96. The molecule has 0 unspecified atom stereocenters. The minimum absolute atomic E-state index is 0.140. The van der Waals surface area contributed by atoms with Gasteiger partial charge in [-0.25, -0.2) is 4.39 Å². The number of aliphatic hydroxyl groups is 1. The molecule has 0 spiro atoms. The molecule has 0 aliphatic heterocycles. The first-order chi connectivity index (χ1) is 11.8. The van der Waals surface area contributed by atoms with Crippen LogP contribution < -0.4 is 0 Å². The summed E-state index contributed by atoms with van der Waals surface area (Å²) < 4.78 is 12.8. The second-order valence-electron chi connectivity index (χ2n) is 6.60. The number of aryl methyl sites for hydroxylation is 1. The van der Waals surface area contributed by atoms with Gasteiger partial charge in [0, 0.05) is 6.61 Å². The summed E-state index contributed by atoms with van der Waals surface area (Å²) in [4.78, 5) is 0. The van der Waals surface area contributed by atoms with Gasteiger partial charge in [-0.2, -0.15) is 11.8 Å². The van der Waals surface area contributed by atoms with Crippen molar-refractivity contribution in [3.05, 3.63) is 35.6 Å². The quantitative estimate of drug-likeness (QED) is 0.347. The number of aliphatic hydroxyl groups excluding tert-OH is 1. The molecule has 3 heteroatoms. The second kappa shape index (κ2) is 16.0. The number of halogens is 1. The van der Waals surface area contributed by atoms with E-state index in [4.69, 9.17) is 5.11 Å². The van der Waals surface area contributed by atoms with Crippen LogP contribution in [0.5, 0.6) is 0 Å². The maximum absolute atomic E-state index is 12.8. The molecule has 24 heavy (non-hydrogen) atoms. The van der Waals surface area contributed by atoms with Crippen LogP contribution >= 0.6 is 11.8 Å². The van der Waals surface area contributed by atoms with Crippen LogP contribution in [0.4, 0.5) is 4.39 Å². The van der Waals surface area contributed by atoms with Gasteiger partial charge in [-0.15, -0.1) is 0 Å². The zero-order valence-electron chi connectivity index (χ0n) is 15.1. The van der Waals surface area contributed by atoms with Gasteiger partial charge in [0.05, 0.1) is 0 Å². The standard InChI is InChI=1S/C21H35FOS/c22-21-15-13-20(14-16-21)12-9-7-5-3-1-2-4-6-8-10-18-24-19-11-17-23/h13-16,23H,1-12,17-19H2. The lowest BCUT2D eigenvalue weighted by Crippen LogP contribution is -1.89. The summed E-state index contributed by atoms with van der Waals surface area (Å²) in [5.74, 6) is 2.23. The second-order valence-corrected chi connectivity index (χ2v) is 7.83. The van der Waals surface area contributed by atoms with Crippen molar-refractivity contribution >= 4 is 11.8 Å². The molecule has 0 bridgehead atoms. The molecule has 1 N–H and O–H groups in total. The van der Waals surface area contributed by atoms with E-state index in [2.05, 4.69) is 0 Å². The van der Waals surface area contributed by atoms with Crippen LogP contribution in [0.1, 0.15) is 76.2 Å². The normalized spacial score (nSPS) is 11.1. The zero-order chi connectivity index (χ0) is 17.3. The minimum atomic E-state index is -0.140. The van der Waals surface area contributed by atoms with E-state index in [1.54, 1.807) is 12.1 Å². The van der Waals surface area contributed by atoms with Crippen molar-refractivity contribution in [2.75, 3.05) is 18.1 Å². The Hall–Kier alpha value is -0.540. The Morgan fingerprint density at radius 1 is 0.667 bits per heavy atom. The summed E-state index contributed by atoms with van der Waals surface area (Å²) in [5, 5.41) is 8.69. The van der Waals surface area contributed by atoms with Gasteiger partial charge in [0.25, 0.3) is 0 Å². The molecule has 1 rings (SSSR count). The van der Waals surface area contributed by atoms with Crippen molar-refractivity contribution in [1.82, 2.24) is 0 Å². The third-order valence-electron chi connectivity index (χ3n) is 4.36. The maximum atomic E-state index is 12.8. The molecule has 0 saturated carbocycles. The fourth-order valence-corrected chi connectivity index (χ4v) is 3.81.